The van der Waals surface area contributed by atoms with E-state index in [2.05, 4.69) is 38.7 Å². The zero-order valence-corrected chi connectivity index (χ0v) is 23.2. The molecule has 8 heteroatoms. The quantitative estimate of drug-likeness (QED) is 0.302. The summed E-state index contributed by atoms with van der Waals surface area (Å²) in [5, 5.41) is 7.26. The van der Waals surface area contributed by atoms with Crippen LogP contribution < -0.4 is 5.32 Å². The van der Waals surface area contributed by atoms with Gasteiger partial charge in [0.25, 0.3) is 11.8 Å². The molecule has 1 saturated heterocycles. The van der Waals surface area contributed by atoms with E-state index in [4.69, 9.17) is 9.47 Å². The van der Waals surface area contributed by atoms with Gasteiger partial charge in [-0.05, 0) is 29.8 Å². The number of likely N-dealkylation sites (N-methyl/N-ethyl adjacent to an activating group) is 1. The molecule has 2 bridgehead atoms. The maximum Gasteiger partial charge on any atom is 0.253 e. The van der Waals surface area contributed by atoms with Crippen molar-refractivity contribution in [2.75, 3.05) is 14.2 Å². The Bertz CT molecular complexity index is 2130. The van der Waals surface area contributed by atoms with E-state index in [-0.39, 0.29) is 24.1 Å². The van der Waals surface area contributed by atoms with Gasteiger partial charge in [-0.3, -0.25) is 9.59 Å². The predicted molar refractivity (Wildman–Crippen MR) is 161 cm³/mol. The molecule has 42 heavy (non-hydrogen) atoms. The highest BCUT2D eigenvalue weighted by Crippen LogP contribution is 2.52. The molecular formula is C34H28N4O4. The van der Waals surface area contributed by atoms with Crippen molar-refractivity contribution in [1.82, 2.24) is 19.4 Å². The fraction of sp³-hybridized carbons (Fsp3) is 0.235. The van der Waals surface area contributed by atoms with Gasteiger partial charge in [0, 0.05) is 54.2 Å². The number of hydrogen-bond donors (Lipinski definition) is 1. The number of rotatable bonds is 3. The van der Waals surface area contributed by atoms with Crippen molar-refractivity contribution < 1.29 is 19.1 Å². The summed E-state index contributed by atoms with van der Waals surface area (Å²) in [4.78, 5) is 29.1. The summed E-state index contributed by atoms with van der Waals surface area (Å²) in [6, 6.07) is 25.7. The molecule has 9 rings (SSSR count). The fourth-order valence-electron chi connectivity index (χ4n) is 7.86. The lowest BCUT2D eigenvalue weighted by Gasteiger charge is -2.44. The third-order valence-electron chi connectivity index (χ3n) is 9.60. The highest BCUT2D eigenvalue weighted by atomic mass is 16.6. The van der Waals surface area contributed by atoms with Crippen LogP contribution in [0.4, 0.5) is 0 Å². The lowest BCUT2D eigenvalue weighted by atomic mass is 9.97. The van der Waals surface area contributed by atoms with Crippen LogP contribution in [0.3, 0.4) is 0 Å². The second-order valence-corrected chi connectivity index (χ2v) is 11.5. The van der Waals surface area contributed by atoms with Gasteiger partial charge in [0.2, 0.25) is 0 Å². The molecule has 8 nitrogen and oxygen atoms in total. The Kier molecular flexibility index (Phi) is 4.82. The largest absolute Gasteiger partial charge is 0.375 e. The smallest absolute Gasteiger partial charge is 0.253 e. The number of carbonyl (C=O) groups excluding carboxylic acids is 2. The number of hydrogen-bond acceptors (Lipinski definition) is 4. The van der Waals surface area contributed by atoms with Gasteiger partial charge in [-0.1, -0.05) is 54.6 Å². The number of carbonyl (C=O) groups is 2. The van der Waals surface area contributed by atoms with Gasteiger partial charge in [0.15, 0.2) is 6.23 Å². The summed E-state index contributed by atoms with van der Waals surface area (Å²) < 4.78 is 17.8. The Hall–Kier alpha value is -4.66. The van der Waals surface area contributed by atoms with E-state index in [1.54, 1.807) is 7.11 Å². The normalized spacial score (nSPS) is 22.7. The van der Waals surface area contributed by atoms with E-state index in [1.165, 1.54) is 0 Å². The molecule has 1 N–H and O–H groups in total. The molecule has 3 aliphatic heterocycles. The summed E-state index contributed by atoms with van der Waals surface area (Å²) in [7, 11) is 3.56. The summed E-state index contributed by atoms with van der Waals surface area (Å²) in [5.41, 5.74) is 6.49. The van der Waals surface area contributed by atoms with Crippen molar-refractivity contribution in [3.8, 4) is 0 Å². The fourth-order valence-corrected chi connectivity index (χ4v) is 7.86. The van der Waals surface area contributed by atoms with Gasteiger partial charge in [-0.25, -0.2) is 0 Å². The van der Waals surface area contributed by atoms with Gasteiger partial charge in [-0.2, -0.15) is 0 Å². The third-order valence-corrected chi connectivity index (χ3v) is 9.60. The SMILES string of the molecule is CO[C@@H]1[C@H](N(C)C(=O)c2ccccc2)C[C@H]2O[C@H]1n1c3ccccc3c3c4c(c5c6ccccc6n2c5c31)C(=O)NC4. The Balaban J connectivity index is 1.40. The second kappa shape index (κ2) is 8.44. The van der Waals surface area contributed by atoms with Crippen LogP contribution in [-0.2, 0) is 16.0 Å². The average Bonchev–Trinajstić information content (AvgIpc) is 3.67. The summed E-state index contributed by atoms with van der Waals surface area (Å²) in [5.74, 6) is -0.0971. The van der Waals surface area contributed by atoms with Crippen molar-refractivity contribution in [3.63, 3.8) is 0 Å². The molecule has 1 fully saturated rings. The first-order chi connectivity index (χ1) is 20.6. The van der Waals surface area contributed by atoms with E-state index < -0.39 is 12.3 Å². The number of nitrogens with zero attached hydrogens (tertiary/aromatic N) is 3. The van der Waals surface area contributed by atoms with Crippen LogP contribution in [0.1, 0.15) is 45.2 Å². The van der Waals surface area contributed by atoms with Crippen molar-refractivity contribution in [2.24, 2.45) is 0 Å². The van der Waals surface area contributed by atoms with Crippen molar-refractivity contribution in [3.05, 3.63) is 95.6 Å². The first kappa shape index (κ1) is 24.0. The van der Waals surface area contributed by atoms with Crippen molar-refractivity contribution in [2.45, 2.75) is 37.6 Å². The van der Waals surface area contributed by atoms with Gasteiger partial charge < -0.3 is 28.8 Å². The van der Waals surface area contributed by atoms with Crippen LogP contribution in [0.2, 0.25) is 0 Å². The Morgan fingerprint density at radius 2 is 1.55 bits per heavy atom. The number of amides is 2. The van der Waals surface area contributed by atoms with Crippen LogP contribution in [0, 0.1) is 0 Å². The average molecular weight is 557 g/mol. The van der Waals surface area contributed by atoms with Crippen LogP contribution >= 0.6 is 0 Å². The number of para-hydroxylation sites is 2. The minimum Gasteiger partial charge on any atom is -0.375 e. The number of methoxy groups -OCH3 is 1. The minimum absolute atomic E-state index is 0.0411. The standard InChI is InChI=1S/C34H28N4O4/c1-36(33(40)18-10-4-3-5-11-18)24-16-25-37-22-14-8-7-13-20(22)27-28-21(17-35-32(28)39)26-19-12-6-9-15-23(19)38(29(26)30(27)37)34(42-25)31(24)41-2/h3-15,24-25,31,34H,16-17H2,1-2H3,(H,35,39)/t24-,25-,31-,34-/m1/s1. The minimum atomic E-state index is -0.503. The third kappa shape index (κ3) is 2.88. The van der Waals surface area contributed by atoms with E-state index in [0.717, 1.165) is 54.7 Å². The topological polar surface area (TPSA) is 77.7 Å². The van der Waals surface area contributed by atoms with Crippen LogP contribution in [-0.4, -0.2) is 52.2 Å². The van der Waals surface area contributed by atoms with Gasteiger partial charge in [0.1, 0.15) is 12.3 Å². The van der Waals surface area contributed by atoms with Gasteiger partial charge in [-0.15, -0.1) is 0 Å². The van der Waals surface area contributed by atoms with Gasteiger partial charge in [0.05, 0.1) is 33.7 Å². The molecular weight excluding hydrogens is 528 g/mol. The molecule has 2 amide bonds. The zero-order valence-electron chi connectivity index (χ0n) is 23.2. The molecule has 4 aromatic carbocycles. The zero-order chi connectivity index (χ0) is 28.3. The summed E-state index contributed by atoms with van der Waals surface area (Å²) >= 11 is 0. The van der Waals surface area contributed by atoms with Crippen LogP contribution in [0.25, 0.3) is 43.6 Å². The molecule has 4 atom stereocenters. The van der Waals surface area contributed by atoms with Gasteiger partial charge >= 0.3 is 0 Å². The molecule has 2 aromatic heterocycles. The Morgan fingerprint density at radius 1 is 0.905 bits per heavy atom. The number of fused-ring (bicyclic) bond motifs is 13. The molecule has 0 radical (unpaired) electrons. The maximum atomic E-state index is 13.8. The molecule has 0 spiro atoms. The number of aromatic nitrogens is 2. The van der Waals surface area contributed by atoms with Crippen LogP contribution in [0.5, 0.6) is 0 Å². The van der Waals surface area contributed by atoms with E-state index >= 15 is 0 Å². The predicted octanol–water partition coefficient (Wildman–Crippen LogP) is 5.73. The first-order valence-electron chi connectivity index (χ1n) is 14.4. The molecule has 208 valence electrons. The number of benzene rings is 4. The Labute approximate surface area is 241 Å². The summed E-state index contributed by atoms with van der Waals surface area (Å²) in [6.07, 6.45) is -0.788. The molecule has 0 unspecified atom stereocenters. The van der Waals surface area contributed by atoms with E-state index in [0.29, 0.717) is 18.5 Å². The molecule has 0 aliphatic carbocycles. The monoisotopic (exact) mass is 556 g/mol. The molecule has 0 saturated carbocycles. The second-order valence-electron chi connectivity index (χ2n) is 11.5. The number of ether oxygens (including phenoxy) is 2. The first-order valence-corrected chi connectivity index (χ1v) is 14.4. The molecule has 6 aromatic rings. The highest BCUT2D eigenvalue weighted by Gasteiger charge is 2.48. The molecule has 5 heterocycles. The van der Waals surface area contributed by atoms with Crippen molar-refractivity contribution >= 4 is 55.4 Å². The van der Waals surface area contributed by atoms with Crippen molar-refractivity contribution in [1.29, 1.82) is 0 Å². The maximum absolute atomic E-state index is 13.8. The lowest BCUT2D eigenvalue weighted by Crippen LogP contribution is -2.53. The van der Waals surface area contributed by atoms with Crippen LogP contribution in [0.15, 0.2) is 78.9 Å². The Morgan fingerprint density at radius 3 is 2.29 bits per heavy atom. The molecule has 3 aliphatic rings. The van der Waals surface area contributed by atoms with E-state index in [9.17, 15) is 9.59 Å². The lowest BCUT2D eigenvalue weighted by molar-refractivity contribution is -0.203. The van der Waals surface area contributed by atoms with E-state index in [1.807, 2.05) is 66.5 Å². The highest BCUT2D eigenvalue weighted by molar-refractivity contribution is 6.30. The number of nitrogens with one attached hydrogen (secondary N) is 1. The summed E-state index contributed by atoms with van der Waals surface area (Å²) in [6.45, 7) is 0.480.